The van der Waals surface area contributed by atoms with E-state index in [1.165, 1.54) is 0 Å². The Morgan fingerprint density at radius 3 is 2.53 bits per heavy atom. The van der Waals surface area contributed by atoms with Crippen LogP contribution in [0.5, 0.6) is 0 Å². The van der Waals surface area contributed by atoms with E-state index in [0.717, 1.165) is 48.2 Å². The van der Waals surface area contributed by atoms with Gasteiger partial charge in [0.2, 0.25) is 5.91 Å². The fraction of sp³-hybridized carbons (Fsp3) is 0.423. The largest absolute Gasteiger partial charge is 0.342 e. The Kier molecular flexibility index (Phi) is 5.72. The Bertz CT molecular complexity index is 1130. The molecule has 2 aromatic heterocycles. The summed E-state index contributed by atoms with van der Waals surface area (Å²) in [7, 11) is 0. The van der Waals surface area contributed by atoms with Crippen LogP contribution in [0.15, 0.2) is 64.8 Å². The van der Waals surface area contributed by atoms with Crippen molar-refractivity contribution in [3.05, 3.63) is 75.9 Å². The summed E-state index contributed by atoms with van der Waals surface area (Å²) < 4.78 is 1.66. The molecule has 0 N–H and O–H groups in total. The summed E-state index contributed by atoms with van der Waals surface area (Å²) in [5.41, 5.74) is 1.53. The molecule has 5 nitrogen and oxygen atoms in total. The number of nitrogens with zero attached hydrogens (tertiary/aromatic N) is 3. The highest BCUT2D eigenvalue weighted by Crippen LogP contribution is 2.43. The van der Waals surface area contributed by atoms with E-state index in [9.17, 15) is 9.59 Å². The first-order valence-corrected chi connectivity index (χ1v) is 12.5. The zero-order chi connectivity index (χ0) is 22.1. The highest BCUT2D eigenvalue weighted by molar-refractivity contribution is 7.13. The fourth-order valence-electron chi connectivity index (χ4n) is 5.56. The monoisotopic (exact) mass is 447 g/mol. The van der Waals surface area contributed by atoms with Crippen molar-refractivity contribution in [2.75, 3.05) is 13.1 Å². The molecule has 5 rings (SSSR count). The van der Waals surface area contributed by atoms with Gasteiger partial charge in [-0.15, -0.1) is 11.3 Å². The van der Waals surface area contributed by atoms with E-state index in [2.05, 4.69) is 19.1 Å². The highest BCUT2D eigenvalue weighted by atomic mass is 32.1. The van der Waals surface area contributed by atoms with Crippen molar-refractivity contribution in [2.45, 2.75) is 50.5 Å². The van der Waals surface area contributed by atoms with Crippen LogP contribution >= 0.6 is 11.3 Å². The molecule has 0 bridgehead atoms. The lowest BCUT2D eigenvalue weighted by Crippen LogP contribution is -2.51. The summed E-state index contributed by atoms with van der Waals surface area (Å²) in [6.07, 6.45) is 4.80. The molecule has 1 aromatic carbocycles. The molecule has 0 spiro atoms. The van der Waals surface area contributed by atoms with Crippen molar-refractivity contribution >= 4 is 17.2 Å². The lowest BCUT2D eigenvalue weighted by molar-refractivity contribution is -0.139. The van der Waals surface area contributed by atoms with E-state index in [-0.39, 0.29) is 28.8 Å². The summed E-state index contributed by atoms with van der Waals surface area (Å²) in [6.45, 7) is 3.47. The van der Waals surface area contributed by atoms with Gasteiger partial charge in [-0.3, -0.25) is 9.59 Å². The van der Waals surface area contributed by atoms with Gasteiger partial charge in [-0.1, -0.05) is 56.2 Å². The average molecular weight is 448 g/mol. The van der Waals surface area contributed by atoms with Gasteiger partial charge in [0.15, 0.2) is 0 Å². The van der Waals surface area contributed by atoms with E-state index in [4.69, 9.17) is 5.10 Å². The van der Waals surface area contributed by atoms with E-state index in [1.54, 1.807) is 28.2 Å². The van der Waals surface area contributed by atoms with Crippen LogP contribution in [0.25, 0.3) is 10.6 Å². The number of rotatable bonds is 4. The van der Waals surface area contributed by atoms with Gasteiger partial charge in [0.1, 0.15) is 5.69 Å². The minimum atomic E-state index is -0.387. The van der Waals surface area contributed by atoms with Crippen molar-refractivity contribution in [1.29, 1.82) is 0 Å². The quantitative estimate of drug-likeness (QED) is 0.572. The van der Waals surface area contributed by atoms with Crippen molar-refractivity contribution in [3.63, 3.8) is 0 Å². The van der Waals surface area contributed by atoms with E-state index in [0.29, 0.717) is 13.1 Å². The van der Waals surface area contributed by atoms with Gasteiger partial charge in [0.25, 0.3) is 5.56 Å². The van der Waals surface area contributed by atoms with Gasteiger partial charge < -0.3 is 4.90 Å². The lowest BCUT2D eigenvalue weighted by Gasteiger charge is -2.41. The number of benzene rings is 1. The number of hydrogen-bond acceptors (Lipinski definition) is 4. The van der Waals surface area contributed by atoms with Crippen molar-refractivity contribution in [2.24, 2.45) is 5.92 Å². The van der Waals surface area contributed by atoms with Crippen LogP contribution in [-0.2, 0) is 10.2 Å². The molecule has 2 atom stereocenters. The molecule has 1 aliphatic heterocycles. The Morgan fingerprint density at radius 2 is 1.84 bits per heavy atom. The molecule has 6 heteroatoms. The SMILES string of the molecule is C[C@H]1CN(C(=O)C2(c3ccccc3)CCCC2)CC[C@H]1n1nc(-c2cccs2)ccc1=O. The average Bonchev–Trinajstić information content (AvgIpc) is 3.53. The zero-order valence-electron chi connectivity index (χ0n) is 18.4. The van der Waals surface area contributed by atoms with Crippen LogP contribution in [0.3, 0.4) is 0 Å². The third-order valence-corrected chi connectivity index (χ3v) is 8.15. The Labute approximate surface area is 192 Å². The smallest absolute Gasteiger partial charge is 0.267 e. The summed E-state index contributed by atoms with van der Waals surface area (Å²) >= 11 is 1.62. The molecule has 0 unspecified atom stereocenters. The highest BCUT2D eigenvalue weighted by Gasteiger charge is 2.46. The number of carbonyl (C=O) groups excluding carboxylic acids is 1. The molecule has 0 radical (unpaired) electrons. The zero-order valence-corrected chi connectivity index (χ0v) is 19.3. The number of aromatic nitrogens is 2. The van der Waals surface area contributed by atoms with Crippen LogP contribution in [0, 0.1) is 5.92 Å². The molecular formula is C26H29N3O2S. The first-order valence-electron chi connectivity index (χ1n) is 11.6. The van der Waals surface area contributed by atoms with E-state index in [1.807, 2.05) is 40.6 Å². The van der Waals surface area contributed by atoms with Gasteiger partial charge in [0, 0.05) is 19.2 Å². The molecular weight excluding hydrogens is 418 g/mol. The first kappa shape index (κ1) is 21.1. The summed E-state index contributed by atoms with van der Waals surface area (Å²) in [4.78, 5) is 29.6. The second kappa shape index (κ2) is 8.66. The van der Waals surface area contributed by atoms with Gasteiger partial charge in [0.05, 0.1) is 16.3 Å². The van der Waals surface area contributed by atoms with E-state index >= 15 is 0 Å². The normalized spacial score (nSPS) is 22.7. The van der Waals surface area contributed by atoms with Crippen LogP contribution in [0.1, 0.15) is 50.6 Å². The van der Waals surface area contributed by atoms with Crippen molar-refractivity contribution in [1.82, 2.24) is 14.7 Å². The maximum absolute atomic E-state index is 13.8. The molecule has 166 valence electrons. The Hall–Kier alpha value is -2.73. The molecule has 2 aliphatic rings. The number of carbonyl (C=O) groups is 1. The number of amides is 1. The van der Waals surface area contributed by atoms with Gasteiger partial charge >= 0.3 is 0 Å². The van der Waals surface area contributed by atoms with Gasteiger partial charge in [-0.2, -0.15) is 5.10 Å². The summed E-state index contributed by atoms with van der Waals surface area (Å²) in [5.74, 6) is 0.421. The molecule has 3 heterocycles. The molecule has 3 aromatic rings. The molecule has 32 heavy (non-hydrogen) atoms. The second-order valence-corrected chi connectivity index (χ2v) is 10.2. The summed E-state index contributed by atoms with van der Waals surface area (Å²) in [5, 5.41) is 6.73. The predicted octanol–water partition coefficient (Wildman–Crippen LogP) is 4.89. The molecule has 1 saturated carbocycles. The lowest BCUT2D eigenvalue weighted by atomic mass is 9.77. The van der Waals surface area contributed by atoms with Gasteiger partial charge in [-0.25, -0.2) is 4.68 Å². The minimum absolute atomic E-state index is 0.00251. The Morgan fingerprint density at radius 1 is 1.06 bits per heavy atom. The number of likely N-dealkylation sites (tertiary alicyclic amines) is 1. The maximum Gasteiger partial charge on any atom is 0.267 e. The molecule has 2 fully saturated rings. The fourth-order valence-corrected chi connectivity index (χ4v) is 6.25. The van der Waals surface area contributed by atoms with E-state index < -0.39 is 0 Å². The maximum atomic E-state index is 13.8. The predicted molar refractivity (Wildman–Crippen MR) is 128 cm³/mol. The minimum Gasteiger partial charge on any atom is -0.342 e. The number of piperidine rings is 1. The van der Waals surface area contributed by atoms with Crippen molar-refractivity contribution < 1.29 is 4.79 Å². The van der Waals surface area contributed by atoms with Crippen LogP contribution in [-0.4, -0.2) is 33.7 Å². The number of hydrogen-bond donors (Lipinski definition) is 0. The third kappa shape index (κ3) is 3.71. The number of thiophene rings is 1. The standard InChI is InChI=1S/C26H29N3O2S/c1-19-18-28(25(31)26(14-5-6-15-26)20-8-3-2-4-9-20)16-13-22(19)29-24(30)12-11-21(27-29)23-10-7-17-32-23/h2-4,7-12,17,19,22H,5-6,13-16,18H2,1H3/t19-,22+/m0/s1. The van der Waals surface area contributed by atoms with Crippen molar-refractivity contribution in [3.8, 4) is 10.6 Å². The molecule has 1 aliphatic carbocycles. The molecule has 1 amide bonds. The first-order chi connectivity index (χ1) is 15.6. The van der Waals surface area contributed by atoms with Crippen LogP contribution in [0.2, 0.25) is 0 Å². The molecule has 1 saturated heterocycles. The summed E-state index contributed by atoms with van der Waals surface area (Å²) in [6, 6.07) is 17.8. The third-order valence-electron chi connectivity index (χ3n) is 7.25. The van der Waals surface area contributed by atoms with Crippen LogP contribution < -0.4 is 5.56 Å². The Balaban J connectivity index is 1.37. The van der Waals surface area contributed by atoms with Gasteiger partial charge in [-0.05, 0) is 48.3 Å². The van der Waals surface area contributed by atoms with Crippen LogP contribution in [0.4, 0.5) is 0 Å². The topological polar surface area (TPSA) is 55.2 Å². The second-order valence-electron chi connectivity index (χ2n) is 9.22.